The minimum Gasteiger partial charge on any atom is -0.317 e. The van der Waals surface area contributed by atoms with Gasteiger partial charge in [0.2, 0.25) is 0 Å². The molecule has 3 N–H and O–H groups in total. The van der Waals surface area contributed by atoms with Crippen LogP contribution in [0.15, 0.2) is 23.5 Å². The number of anilines is 1. The number of piperidine rings is 1. The van der Waals surface area contributed by atoms with Crippen LogP contribution in [0.25, 0.3) is 0 Å². The number of nitrogens with one attached hydrogen (secondary N) is 3. The van der Waals surface area contributed by atoms with Crippen molar-refractivity contribution in [3.63, 3.8) is 0 Å². The minimum atomic E-state index is -3.63. The average Bonchev–Trinajstić information content (AvgIpc) is 3.08. The van der Waals surface area contributed by atoms with Crippen molar-refractivity contribution in [2.75, 3.05) is 17.8 Å². The molecule has 0 bridgehead atoms. The second-order valence-corrected chi connectivity index (χ2v) is 6.81. The van der Waals surface area contributed by atoms with Gasteiger partial charge in [-0.25, -0.2) is 8.42 Å². The molecule has 0 unspecified atom stereocenters. The van der Waals surface area contributed by atoms with Crippen LogP contribution in [0, 0.1) is 6.92 Å². The summed E-state index contributed by atoms with van der Waals surface area (Å²) in [4.78, 5) is 0.150. The van der Waals surface area contributed by atoms with Crippen LogP contribution >= 0.6 is 0 Å². The van der Waals surface area contributed by atoms with Crippen LogP contribution in [0.4, 0.5) is 5.69 Å². The third kappa shape index (κ3) is 2.93. The molecule has 114 valence electrons. The molecular weight excluding hydrogens is 292 g/mol. The van der Waals surface area contributed by atoms with Crippen LogP contribution in [0.2, 0.25) is 0 Å². The number of H-pyrrole nitrogens is 1. The maximum absolute atomic E-state index is 12.3. The molecule has 1 aliphatic heterocycles. The lowest BCUT2D eigenvalue weighted by Gasteiger charge is -2.22. The highest BCUT2D eigenvalue weighted by molar-refractivity contribution is 7.92. The third-order valence-corrected chi connectivity index (χ3v) is 5.10. The average molecular weight is 310 g/mol. The topological polar surface area (TPSA) is 105 Å². The summed E-state index contributed by atoms with van der Waals surface area (Å²) in [7, 11) is -3.63. The number of aryl methyl sites for hydroxylation is 1. The normalized spacial score (nSPS) is 17.0. The van der Waals surface area contributed by atoms with Crippen LogP contribution in [0.5, 0.6) is 0 Å². The maximum Gasteiger partial charge on any atom is 0.265 e. The molecule has 0 amide bonds. The molecule has 1 fully saturated rings. The zero-order chi connectivity index (χ0) is 14.9. The molecule has 1 saturated heterocycles. The van der Waals surface area contributed by atoms with E-state index in [0.29, 0.717) is 17.4 Å². The highest BCUT2D eigenvalue weighted by Gasteiger charge is 2.21. The lowest BCUT2D eigenvalue weighted by molar-refractivity contribution is 0.343. The van der Waals surface area contributed by atoms with Crippen molar-refractivity contribution in [3.05, 3.63) is 24.3 Å². The van der Waals surface area contributed by atoms with E-state index in [0.717, 1.165) is 25.9 Å². The van der Waals surface area contributed by atoms with Crippen LogP contribution in [0.3, 0.4) is 0 Å². The Hall–Kier alpha value is -1.87. The minimum absolute atomic E-state index is 0.150. The van der Waals surface area contributed by atoms with Gasteiger partial charge in [-0.05, 0) is 32.9 Å². The summed E-state index contributed by atoms with van der Waals surface area (Å²) in [5.74, 6) is 0. The molecule has 0 aliphatic carbocycles. The molecular formula is C12H18N6O2S. The predicted molar refractivity (Wildman–Crippen MR) is 77.5 cm³/mol. The van der Waals surface area contributed by atoms with Gasteiger partial charge in [-0.15, -0.1) is 0 Å². The molecule has 3 rings (SSSR count). The quantitative estimate of drug-likeness (QED) is 0.768. The number of nitrogens with zero attached hydrogens (tertiary/aromatic N) is 3. The summed E-state index contributed by atoms with van der Waals surface area (Å²) in [6.45, 7) is 3.58. The zero-order valence-electron chi connectivity index (χ0n) is 11.7. The lowest BCUT2D eigenvalue weighted by Crippen LogP contribution is -2.29. The Morgan fingerprint density at radius 2 is 2.10 bits per heavy atom. The fourth-order valence-corrected chi connectivity index (χ4v) is 3.65. The largest absolute Gasteiger partial charge is 0.317 e. The van der Waals surface area contributed by atoms with Gasteiger partial charge in [0.25, 0.3) is 10.0 Å². The molecule has 9 heteroatoms. The molecule has 8 nitrogen and oxygen atoms in total. The number of aromatic nitrogens is 4. The van der Waals surface area contributed by atoms with Crippen LogP contribution < -0.4 is 10.0 Å². The highest BCUT2D eigenvalue weighted by Crippen LogP contribution is 2.21. The third-order valence-electron chi connectivity index (χ3n) is 3.61. The van der Waals surface area contributed by atoms with Gasteiger partial charge in [-0.3, -0.25) is 14.5 Å². The van der Waals surface area contributed by atoms with E-state index in [-0.39, 0.29) is 4.90 Å². The van der Waals surface area contributed by atoms with E-state index in [4.69, 9.17) is 0 Å². The van der Waals surface area contributed by atoms with E-state index >= 15 is 0 Å². The van der Waals surface area contributed by atoms with Crippen molar-refractivity contribution >= 4 is 15.7 Å². The molecule has 3 heterocycles. The molecule has 0 atom stereocenters. The van der Waals surface area contributed by atoms with Crippen LogP contribution in [-0.2, 0) is 10.0 Å². The molecule has 0 spiro atoms. The molecule has 2 aromatic rings. The van der Waals surface area contributed by atoms with Crippen molar-refractivity contribution in [3.8, 4) is 0 Å². The lowest BCUT2D eigenvalue weighted by atomic mass is 10.1. The number of sulfonamides is 1. The fourth-order valence-electron chi connectivity index (χ4n) is 2.48. The predicted octanol–water partition coefficient (Wildman–Crippen LogP) is 0.640. The van der Waals surface area contributed by atoms with E-state index in [1.807, 2.05) is 4.68 Å². The van der Waals surface area contributed by atoms with Gasteiger partial charge in [0.15, 0.2) is 0 Å². The monoisotopic (exact) mass is 310 g/mol. The molecule has 0 aromatic carbocycles. The van der Waals surface area contributed by atoms with E-state index in [9.17, 15) is 8.42 Å². The summed E-state index contributed by atoms with van der Waals surface area (Å²) < 4.78 is 28.9. The Labute approximate surface area is 123 Å². The maximum atomic E-state index is 12.3. The van der Waals surface area contributed by atoms with Crippen molar-refractivity contribution in [2.45, 2.75) is 30.7 Å². The van der Waals surface area contributed by atoms with Crippen molar-refractivity contribution in [1.82, 2.24) is 25.3 Å². The first-order valence-corrected chi connectivity index (χ1v) is 8.32. The van der Waals surface area contributed by atoms with Crippen molar-refractivity contribution in [1.29, 1.82) is 0 Å². The molecule has 0 radical (unpaired) electrons. The summed E-state index contributed by atoms with van der Waals surface area (Å²) in [6, 6.07) is 0.320. The van der Waals surface area contributed by atoms with Gasteiger partial charge in [0.1, 0.15) is 4.90 Å². The number of hydrogen-bond donors (Lipinski definition) is 3. The second-order valence-electron chi connectivity index (χ2n) is 5.15. The number of hydrogen-bond acceptors (Lipinski definition) is 5. The first kappa shape index (κ1) is 14.1. The summed E-state index contributed by atoms with van der Waals surface area (Å²) in [5, 5.41) is 13.9. The SMILES string of the molecule is Cc1[nH]ncc1S(=O)(=O)Nc1cnn(C2CCNCC2)c1. The van der Waals surface area contributed by atoms with Gasteiger partial charge in [0, 0.05) is 6.20 Å². The summed E-state index contributed by atoms with van der Waals surface area (Å²) in [6.07, 6.45) is 6.57. The van der Waals surface area contributed by atoms with Crippen LogP contribution in [0.1, 0.15) is 24.6 Å². The Morgan fingerprint density at radius 1 is 1.33 bits per heavy atom. The van der Waals surface area contributed by atoms with E-state index < -0.39 is 10.0 Å². The first-order valence-electron chi connectivity index (χ1n) is 6.84. The van der Waals surface area contributed by atoms with E-state index in [2.05, 4.69) is 25.3 Å². The van der Waals surface area contributed by atoms with Gasteiger partial charge in [0.05, 0.1) is 29.8 Å². The smallest absolute Gasteiger partial charge is 0.265 e. The standard InChI is InChI=1S/C12H18N6O2S/c1-9-12(7-14-16-9)21(19,20)17-10-6-15-18(8-10)11-2-4-13-5-3-11/h6-8,11,13,17H,2-5H2,1H3,(H,14,16). The van der Waals surface area contributed by atoms with Crippen molar-refractivity contribution in [2.24, 2.45) is 0 Å². The Balaban J connectivity index is 1.76. The van der Waals surface area contributed by atoms with E-state index in [1.54, 1.807) is 13.1 Å². The summed E-state index contributed by atoms with van der Waals surface area (Å²) >= 11 is 0. The van der Waals surface area contributed by atoms with Gasteiger partial charge >= 0.3 is 0 Å². The van der Waals surface area contributed by atoms with Gasteiger partial charge in [-0.2, -0.15) is 10.2 Å². The Morgan fingerprint density at radius 3 is 2.76 bits per heavy atom. The highest BCUT2D eigenvalue weighted by atomic mass is 32.2. The Kier molecular flexibility index (Phi) is 3.68. The molecule has 1 aliphatic rings. The fraction of sp³-hybridized carbons (Fsp3) is 0.500. The van der Waals surface area contributed by atoms with Gasteiger partial charge in [-0.1, -0.05) is 0 Å². The molecule has 2 aromatic heterocycles. The molecule has 0 saturated carbocycles. The zero-order valence-corrected chi connectivity index (χ0v) is 12.5. The second kappa shape index (κ2) is 5.49. The molecule has 21 heavy (non-hydrogen) atoms. The Bertz CT molecular complexity index is 714. The van der Waals surface area contributed by atoms with E-state index in [1.165, 1.54) is 12.4 Å². The van der Waals surface area contributed by atoms with Crippen LogP contribution in [-0.4, -0.2) is 41.5 Å². The van der Waals surface area contributed by atoms with Gasteiger partial charge < -0.3 is 5.32 Å². The summed E-state index contributed by atoms with van der Waals surface area (Å²) in [5.41, 5.74) is 0.974. The number of aromatic amines is 1. The first-order chi connectivity index (χ1) is 10.1. The van der Waals surface area contributed by atoms with Crippen molar-refractivity contribution < 1.29 is 8.42 Å². The number of rotatable bonds is 4.